The first kappa shape index (κ1) is 13.3. The van der Waals surface area contributed by atoms with Crippen LogP contribution < -0.4 is 5.73 Å². The maximum Gasteiger partial charge on any atom is 0.139 e. The molecule has 0 rings (SSSR count). The van der Waals surface area contributed by atoms with Gasteiger partial charge in [-0.2, -0.15) is 0 Å². The highest BCUT2D eigenvalue weighted by molar-refractivity contribution is 6.76. The monoisotopic (exact) mass is 215 g/mol. The number of nitrogens with two attached hydrogens (primary N) is 1. The Morgan fingerprint density at radius 2 is 2.07 bits per heavy atom. The first-order chi connectivity index (χ1) is 6.45. The molecule has 0 heterocycles. The second kappa shape index (κ2) is 6.72. The normalized spacial score (nSPS) is 13.9. The van der Waals surface area contributed by atoms with E-state index in [9.17, 15) is 0 Å². The van der Waals surface area contributed by atoms with Gasteiger partial charge in [-0.1, -0.05) is 19.6 Å². The van der Waals surface area contributed by atoms with Gasteiger partial charge in [0.25, 0.3) is 0 Å². The third kappa shape index (κ3) is 9.41. The van der Waals surface area contributed by atoms with Gasteiger partial charge < -0.3 is 10.5 Å². The molecule has 2 N–H and O–H groups in total. The molecule has 0 unspecified atom stereocenters. The Hall–Kier alpha value is -0.683. The Morgan fingerprint density at radius 1 is 1.43 bits per heavy atom. The molecule has 0 saturated heterocycles. The molecule has 5 heteroatoms. The standard InChI is InChI=1S/C9H21N3OSi/c1-9(11-7-10)12-8-13-5-6-14(2,3)4/h7H,5-6,8H2,1-4H3,(H2,10,11,12). The lowest BCUT2D eigenvalue weighted by Gasteiger charge is -2.14. The molecule has 0 fully saturated rings. The van der Waals surface area contributed by atoms with Crippen molar-refractivity contribution in [3.8, 4) is 0 Å². The molecular formula is C9H21N3OSi. The van der Waals surface area contributed by atoms with E-state index in [0.717, 1.165) is 6.61 Å². The second-order valence-electron chi connectivity index (χ2n) is 4.33. The number of hydrogen-bond donors (Lipinski definition) is 1. The molecule has 0 atom stereocenters. The van der Waals surface area contributed by atoms with Gasteiger partial charge in [-0.25, -0.2) is 9.98 Å². The molecule has 0 saturated carbocycles. The molecule has 0 spiro atoms. The van der Waals surface area contributed by atoms with Crippen molar-refractivity contribution in [3.05, 3.63) is 0 Å². The van der Waals surface area contributed by atoms with Crippen LogP contribution in [0.15, 0.2) is 9.98 Å². The van der Waals surface area contributed by atoms with Gasteiger partial charge >= 0.3 is 0 Å². The van der Waals surface area contributed by atoms with Crippen molar-refractivity contribution in [3.63, 3.8) is 0 Å². The van der Waals surface area contributed by atoms with Gasteiger partial charge in [-0.05, 0) is 13.0 Å². The fourth-order valence-electron chi connectivity index (χ4n) is 0.731. The highest BCUT2D eigenvalue weighted by atomic mass is 28.3. The van der Waals surface area contributed by atoms with E-state index >= 15 is 0 Å². The summed E-state index contributed by atoms with van der Waals surface area (Å²) in [5.41, 5.74) is 5.11. The lowest BCUT2D eigenvalue weighted by Crippen LogP contribution is -2.21. The van der Waals surface area contributed by atoms with E-state index in [1.54, 1.807) is 6.92 Å². The minimum absolute atomic E-state index is 0.383. The Labute approximate surface area is 87.3 Å². The first-order valence-corrected chi connectivity index (χ1v) is 8.49. The van der Waals surface area contributed by atoms with Crippen molar-refractivity contribution >= 4 is 20.2 Å². The zero-order valence-corrected chi connectivity index (χ0v) is 10.6. The van der Waals surface area contributed by atoms with Crippen LogP contribution in [0.5, 0.6) is 0 Å². The van der Waals surface area contributed by atoms with Gasteiger partial charge in [0, 0.05) is 14.7 Å². The number of nitrogens with zero attached hydrogens (tertiary/aromatic N) is 2. The predicted molar refractivity (Wildman–Crippen MR) is 64.8 cm³/mol. The number of aliphatic imine (C=N–C) groups is 2. The molecule has 4 nitrogen and oxygen atoms in total. The lowest BCUT2D eigenvalue weighted by molar-refractivity contribution is 0.155. The third-order valence-corrected chi connectivity index (χ3v) is 3.35. The summed E-state index contributed by atoms with van der Waals surface area (Å²) in [4.78, 5) is 7.87. The van der Waals surface area contributed by atoms with Gasteiger partial charge in [0.05, 0.1) is 6.34 Å². The van der Waals surface area contributed by atoms with Gasteiger partial charge in [-0.15, -0.1) is 0 Å². The van der Waals surface area contributed by atoms with Gasteiger partial charge in [0.1, 0.15) is 12.6 Å². The van der Waals surface area contributed by atoms with Crippen molar-refractivity contribution in [2.75, 3.05) is 13.3 Å². The number of hydrogen-bond acceptors (Lipinski definition) is 2. The SMILES string of the molecule is CC(N=CN)=NCOCC[Si](C)(C)C. The number of amidine groups is 1. The molecule has 0 aromatic heterocycles. The minimum Gasteiger partial charge on any atom is -0.390 e. The number of rotatable bonds is 5. The van der Waals surface area contributed by atoms with Crippen LogP contribution >= 0.6 is 0 Å². The predicted octanol–water partition coefficient (Wildman–Crippen LogP) is 1.70. The largest absolute Gasteiger partial charge is 0.390 e. The van der Waals surface area contributed by atoms with Crippen LogP contribution in [0.25, 0.3) is 0 Å². The summed E-state index contributed by atoms with van der Waals surface area (Å²) < 4.78 is 5.36. The molecule has 0 bridgehead atoms. The number of ether oxygens (including phenoxy) is 1. The van der Waals surface area contributed by atoms with Crippen molar-refractivity contribution < 1.29 is 4.74 Å². The second-order valence-corrected chi connectivity index (χ2v) is 9.95. The van der Waals surface area contributed by atoms with E-state index in [0.29, 0.717) is 12.6 Å². The first-order valence-electron chi connectivity index (χ1n) is 4.79. The summed E-state index contributed by atoms with van der Waals surface area (Å²) in [7, 11) is -0.973. The molecule has 0 amide bonds. The molecule has 82 valence electrons. The molecule has 0 radical (unpaired) electrons. The van der Waals surface area contributed by atoms with Crippen LogP contribution in [-0.2, 0) is 4.74 Å². The molecule has 0 aliphatic rings. The summed E-state index contributed by atoms with van der Waals surface area (Å²) in [6.45, 7) is 9.94. The summed E-state index contributed by atoms with van der Waals surface area (Å²) >= 11 is 0. The van der Waals surface area contributed by atoms with Crippen LogP contribution in [-0.4, -0.2) is 33.6 Å². The lowest BCUT2D eigenvalue weighted by atomic mass is 10.7. The van der Waals surface area contributed by atoms with Gasteiger partial charge in [0.2, 0.25) is 0 Å². The Balaban J connectivity index is 3.52. The van der Waals surface area contributed by atoms with Crippen LogP contribution in [0.4, 0.5) is 0 Å². The highest BCUT2D eigenvalue weighted by Gasteiger charge is 2.11. The van der Waals surface area contributed by atoms with E-state index in [2.05, 4.69) is 29.6 Å². The van der Waals surface area contributed by atoms with E-state index in [-0.39, 0.29) is 0 Å². The van der Waals surface area contributed by atoms with Crippen LogP contribution in [0.3, 0.4) is 0 Å². The van der Waals surface area contributed by atoms with E-state index in [4.69, 9.17) is 10.5 Å². The maximum atomic E-state index is 5.36. The van der Waals surface area contributed by atoms with E-state index < -0.39 is 8.07 Å². The molecule has 0 aromatic rings. The van der Waals surface area contributed by atoms with Gasteiger partial charge in [-0.3, -0.25) is 0 Å². The fraction of sp³-hybridized carbons (Fsp3) is 0.778. The fourth-order valence-corrected chi connectivity index (χ4v) is 1.49. The summed E-state index contributed by atoms with van der Waals surface area (Å²) in [6, 6.07) is 1.17. The smallest absolute Gasteiger partial charge is 0.139 e. The third-order valence-electron chi connectivity index (χ3n) is 1.64. The summed E-state index contributed by atoms with van der Waals surface area (Å²) in [5.74, 6) is 0.653. The van der Waals surface area contributed by atoms with E-state index in [1.165, 1.54) is 12.4 Å². The van der Waals surface area contributed by atoms with Crippen molar-refractivity contribution in [1.29, 1.82) is 0 Å². The average molecular weight is 215 g/mol. The average Bonchev–Trinajstić information content (AvgIpc) is 2.02. The van der Waals surface area contributed by atoms with Gasteiger partial charge in [0.15, 0.2) is 0 Å². The molecule has 0 aliphatic heterocycles. The molecule has 0 aliphatic carbocycles. The van der Waals surface area contributed by atoms with Crippen molar-refractivity contribution in [1.82, 2.24) is 0 Å². The van der Waals surface area contributed by atoms with Crippen LogP contribution in [0.1, 0.15) is 6.92 Å². The zero-order chi connectivity index (χ0) is 11.0. The Morgan fingerprint density at radius 3 is 2.57 bits per heavy atom. The van der Waals surface area contributed by atoms with Crippen molar-refractivity contribution in [2.24, 2.45) is 15.7 Å². The highest BCUT2D eigenvalue weighted by Crippen LogP contribution is 2.07. The molecular weight excluding hydrogens is 194 g/mol. The van der Waals surface area contributed by atoms with E-state index in [1.807, 2.05) is 0 Å². The summed E-state index contributed by atoms with van der Waals surface area (Å²) in [6.07, 6.45) is 1.24. The van der Waals surface area contributed by atoms with Crippen LogP contribution in [0.2, 0.25) is 25.7 Å². The molecule has 0 aromatic carbocycles. The molecule has 14 heavy (non-hydrogen) atoms. The minimum atomic E-state index is -0.973. The van der Waals surface area contributed by atoms with Crippen LogP contribution in [0, 0.1) is 0 Å². The van der Waals surface area contributed by atoms with Crippen molar-refractivity contribution in [2.45, 2.75) is 32.6 Å². The Bertz CT molecular complexity index is 209. The maximum absolute atomic E-state index is 5.36. The zero-order valence-electron chi connectivity index (χ0n) is 9.58. The summed E-state index contributed by atoms with van der Waals surface area (Å²) in [5, 5.41) is 0. The quantitative estimate of drug-likeness (QED) is 0.328. The Kier molecular flexibility index (Phi) is 6.40. The topological polar surface area (TPSA) is 60.0 Å².